The molecule has 0 saturated heterocycles. The van der Waals surface area contributed by atoms with E-state index in [2.05, 4.69) is 39.9 Å². The molecule has 2 heteroatoms. The van der Waals surface area contributed by atoms with Crippen molar-refractivity contribution in [2.75, 3.05) is 13.1 Å². The second-order valence-corrected chi connectivity index (χ2v) is 4.41. The molecule has 0 heterocycles. The molecule has 0 aromatic carbocycles. The molecule has 0 saturated carbocycles. The Kier molecular flexibility index (Phi) is 8.20. The second kappa shape index (κ2) is 8.25. The Hall–Kier alpha value is -0.0800. The molecule has 0 aliphatic rings. The topological polar surface area (TPSA) is 21.3 Å². The van der Waals surface area contributed by atoms with E-state index < -0.39 is 0 Å². The number of hydrogen-bond acceptors (Lipinski definition) is 2. The van der Waals surface area contributed by atoms with Crippen LogP contribution in [0.3, 0.4) is 0 Å². The molecule has 2 unspecified atom stereocenters. The van der Waals surface area contributed by atoms with Crippen LogP contribution in [-0.4, -0.2) is 25.3 Å². The van der Waals surface area contributed by atoms with Crippen molar-refractivity contribution in [2.24, 2.45) is 5.92 Å². The zero-order valence-corrected chi connectivity index (χ0v) is 10.5. The lowest BCUT2D eigenvalue weighted by Crippen LogP contribution is -2.31. The van der Waals surface area contributed by atoms with Gasteiger partial charge in [-0.25, -0.2) is 0 Å². The fourth-order valence-electron chi connectivity index (χ4n) is 1.64. The summed E-state index contributed by atoms with van der Waals surface area (Å²) in [6, 6.07) is 0. The highest BCUT2D eigenvalue weighted by Gasteiger charge is 2.11. The Bertz CT molecular complexity index is 125. The fourth-order valence-corrected chi connectivity index (χ4v) is 1.64. The Morgan fingerprint density at radius 1 is 1.14 bits per heavy atom. The van der Waals surface area contributed by atoms with Crippen molar-refractivity contribution >= 4 is 0 Å². The molecule has 0 bridgehead atoms. The summed E-state index contributed by atoms with van der Waals surface area (Å²) < 4.78 is 5.95. The van der Waals surface area contributed by atoms with E-state index in [1.54, 1.807) is 0 Å². The zero-order valence-electron chi connectivity index (χ0n) is 10.5. The molecule has 0 aromatic heterocycles. The van der Waals surface area contributed by atoms with Gasteiger partial charge in [0.2, 0.25) is 0 Å². The van der Waals surface area contributed by atoms with Crippen molar-refractivity contribution < 1.29 is 4.74 Å². The van der Waals surface area contributed by atoms with Gasteiger partial charge >= 0.3 is 0 Å². The maximum atomic E-state index is 5.95. The summed E-state index contributed by atoms with van der Waals surface area (Å²) in [5.41, 5.74) is 0. The lowest BCUT2D eigenvalue weighted by Gasteiger charge is -2.22. The summed E-state index contributed by atoms with van der Waals surface area (Å²) in [6.45, 7) is 13.0. The minimum atomic E-state index is 0.378. The van der Waals surface area contributed by atoms with Crippen molar-refractivity contribution in [3.8, 4) is 0 Å². The molecule has 0 aliphatic heterocycles. The monoisotopic (exact) mass is 201 g/mol. The number of hydrogen-bond donors (Lipinski definition) is 1. The average molecular weight is 201 g/mol. The third-order valence-electron chi connectivity index (χ3n) is 2.31. The first-order valence-corrected chi connectivity index (χ1v) is 5.96. The molecule has 14 heavy (non-hydrogen) atoms. The summed E-state index contributed by atoms with van der Waals surface area (Å²) in [4.78, 5) is 0. The summed E-state index contributed by atoms with van der Waals surface area (Å²) >= 11 is 0. The van der Waals surface area contributed by atoms with E-state index in [-0.39, 0.29) is 0 Å². The van der Waals surface area contributed by atoms with Crippen molar-refractivity contribution in [1.82, 2.24) is 5.32 Å². The number of rotatable bonds is 8. The van der Waals surface area contributed by atoms with Crippen molar-refractivity contribution in [2.45, 2.75) is 59.7 Å². The predicted octanol–water partition coefficient (Wildman–Crippen LogP) is 2.83. The normalized spacial score (nSPS) is 15.9. The molecule has 0 fully saturated rings. The van der Waals surface area contributed by atoms with Gasteiger partial charge in [-0.3, -0.25) is 0 Å². The first-order valence-electron chi connectivity index (χ1n) is 5.96. The SMILES string of the molecule is CCNCC(CC)OC(C)CC(C)C. The highest BCUT2D eigenvalue weighted by molar-refractivity contribution is 4.63. The van der Waals surface area contributed by atoms with Crippen molar-refractivity contribution in [3.63, 3.8) is 0 Å². The molecule has 0 spiro atoms. The summed E-state index contributed by atoms with van der Waals surface area (Å²) in [7, 11) is 0. The Balaban J connectivity index is 3.68. The molecule has 2 atom stereocenters. The van der Waals surface area contributed by atoms with E-state index in [1.165, 1.54) is 0 Å². The van der Waals surface area contributed by atoms with E-state index in [0.717, 1.165) is 31.8 Å². The van der Waals surface area contributed by atoms with Crippen LogP contribution in [0.5, 0.6) is 0 Å². The van der Waals surface area contributed by atoms with Gasteiger partial charge in [0.05, 0.1) is 12.2 Å². The van der Waals surface area contributed by atoms with Gasteiger partial charge < -0.3 is 10.1 Å². The van der Waals surface area contributed by atoms with Crippen LogP contribution >= 0.6 is 0 Å². The predicted molar refractivity (Wildman–Crippen MR) is 62.6 cm³/mol. The molecule has 0 rings (SSSR count). The fraction of sp³-hybridized carbons (Fsp3) is 1.00. The van der Waals surface area contributed by atoms with Gasteiger partial charge in [0.25, 0.3) is 0 Å². The van der Waals surface area contributed by atoms with E-state index >= 15 is 0 Å². The van der Waals surface area contributed by atoms with E-state index in [4.69, 9.17) is 4.74 Å². The quantitative estimate of drug-likeness (QED) is 0.652. The smallest absolute Gasteiger partial charge is 0.0700 e. The van der Waals surface area contributed by atoms with Crippen molar-refractivity contribution in [3.05, 3.63) is 0 Å². The lowest BCUT2D eigenvalue weighted by atomic mass is 10.1. The first kappa shape index (κ1) is 13.9. The van der Waals surface area contributed by atoms with Crippen LogP contribution in [0.4, 0.5) is 0 Å². The van der Waals surface area contributed by atoms with E-state index in [1.807, 2.05) is 0 Å². The van der Waals surface area contributed by atoms with Crippen LogP contribution in [0.2, 0.25) is 0 Å². The molecule has 1 N–H and O–H groups in total. The van der Waals surface area contributed by atoms with Gasteiger partial charge in [0.15, 0.2) is 0 Å². The van der Waals surface area contributed by atoms with Gasteiger partial charge in [-0.1, -0.05) is 27.7 Å². The maximum absolute atomic E-state index is 5.95. The summed E-state index contributed by atoms with van der Waals surface area (Å²) in [5, 5.41) is 3.33. The summed E-state index contributed by atoms with van der Waals surface area (Å²) in [5.74, 6) is 0.724. The molecule has 86 valence electrons. The highest BCUT2D eigenvalue weighted by Crippen LogP contribution is 2.10. The molecule has 0 amide bonds. The van der Waals surface area contributed by atoms with Gasteiger partial charge in [0, 0.05) is 6.54 Å². The molecule has 2 nitrogen and oxygen atoms in total. The van der Waals surface area contributed by atoms with Gasteiger partial charge in [-0.2, -0.15) is 0 Å². The molecule has 0 radical (unpaired) electrons. The van der Waals surface area contributed by atoms with Crippen LogP contribution in [-0.2, 0) is 4.74 Å². The third kappa shape index (κ3) is 7.34. The van der Waals surface area contributed by atoms with Crippen LogP contribution < -0.4 is 5.32 Å². The van der Waals surface area contributed by atoms with Gasteiger partial charge in [0.1, 0.15) is 0 Å². The Labute approximate surface area is 89.4 Å². The Morgan fingerprint density at radius 2 is 1.79 bits per heavy atom. The van der Waals surface area contributed by atoms with Gasteiger partial charge in [-0.05, 0) is 32.2 Å². The first-order chi connectivity index (χ1) is 6.60. The molecule has 0 aromatic rings. The number of ether oxygens (including phenoxy) is 1. The molecule has 0 aliphatic carbocycles. The summed E-state index contributed by atoms with van der Waals surface area (Å²) in [6.07, 6.45) is 3.01. The lowest BCUT2D eigenvalue weighted by molar-refractivity contribution is -0.0123. The average Bonchev–Trinajstić information content (AvgIpc) is 2.10. The van der Waals surface area contributed by atoms with Crippen LogP contribution in [0.15, 0.2) is 0 Å². The Morgan fingerprint density at radius 3 is 2.21 bits per heavy atom. The number of nitrogens with one attached hydrogen (secondary N) is 1. The molecular formula is C12H27NO. The zero-order chi connectivity index (χ0) is 11.0. The largest absolute Gasteiger partial charge is 0.374 e. The number of likely N-dealkylation sites (N-methyl/N-ethyl adjacent to an activating group) is 1. The second-order valence-electron chi connectivity index (χ2n) is 4.41. The third-order valence-corrected chi connectivity index (χ3v) is 2.31. The maximum Gasteiger partial charge on any atom is 0.0700 e. The van der Waals surface area contributed by atoms with Crippen molar-refractivity contribution in [1.29, 1.82) is 0 Å². The van der Waals surface area contributed by atoms with E-state index in [0.29, 0.717) is 12.2 Å². The minimum Gasteiger partial charge on any atom is -0.374 e. The molecular weight excluding hydrogens is 174 g/mol. The van der Waals surface area contributed by atoms with E-state index in [9.17, 15) is 0 Å². The standard InChI is InChI=1S/C12H27NO/c1-6-12(9-13-7-2)14-11(5)8-10(3)4/h10-13H,6-9H2,1-5H3. The van der Waals surface area contributed by atoms with Crippen LogP contribution in [0.1, 0.15) is 47.5 Å². The minimum absolute atomic E-state index is 0.378. The van der Waals surface area contributed by atoms with Crippen LogP contribution in [0.25, 0.3) is 0 Å². The van der Waals surface area contributed by atoms with Gasteiger partial charge in [-0.15, -0.1) is 0 Å². The highest BCUT2D eigenvalue weighted by atomic mass is 16.5. The van der Waals surface area contributed by atoms with Crippen LogP contribution in [0, 0.1) is 5.92 Å².